The number of hydrogen-bond acceptors (Lipinski definition) is 2. The smallest absolute Gasteiger partial charge is 0.173 e. The third-order valence-electron chi connectivity index (χ3n) is 1.77. The van der Waals surface area contributed by atoms with Crippen LogP contribution in [0.5, 0.6) is 5.75 Å². The first kappa shape index (κ1) is 7.36. The maximum Gasteiger partial charge on any atom is 0.173 e. The number of para-hydroxylation sites is 2. The third kappa shape index (κ3) is 1.00. The molecule has 4 heteroatoms. The number of fused-ring (bicyclic) bond motifs is 1. The molecule has 3 nitrogen and oxygen atoms in total. The summed E-state index contributed by atoms with van der Waals surface area (Å²) in [5, 5.41) is 0.347. The molecule has 62 valence electrons. The summed E-state index contributed by atoms with van der Waals surface area (Å²) in [7, 11) is 0. The van der Waals surface area contributed by atoms with E-state index in [9.17, 15) is 0 Å². The van der Waals surface area contributed by atoms with Gasteiger partial charge in [-0.05, 0) is 24.4 Å². The van der Waals surface area contributed by atoms with Crippen LogP contribution >= 0.6 is 12.2 Å². The zero-order valence-electron chi connectivity index (χ0n) is 6.36. The molecular formula is C8H8N2OS. The monoisotopic (exact) mass is 180 g/mol. The minimum Gasteiger partial charge on any atom is -0.470 e. The summed E-state index contributed by atoms with van der Waals surface area (Å²) in [5.74, 6) is 0.838. The lowest BCUT2D eigenvalue weighted by molar-refractivity contribution is 0.360. The van der Waals surface area contributed by atoms with Crippen molar-refractivity contribution >= 4 is 23.0 Å². The van der Waals surface area contributed by atoms with Crippen molar-refractivity contribution in [1.29, 1.82) is 0 Å². The molecule has 2 N–H and O–H groups in total. The van der Waals surface area contributed by atoms with E-state index in [-0.39, 0.29) is 0 Å². The van der Waals surface area contributed by atoms with Crippen LogP contribution in [-0.2, 0) is 0 Å². The van der Waals surface area contributed by atoms with Crippen LogP contribution in [0.1, 0.15) is 0 Å². The van der Waals surface area contributed by atoms with Crippen molar-refractivity contribution in [3.63, 3.8) is 0 Å². The van der Waals surface area contributed by atoms with Crippen LogP contribution in [0.2, 0.25) is 0 Å². The zero-order chi connectivity index (χ0) is 8.55. The second-order valence-corrected chi connectivity index (χ2v) is 2.93. The molecule has 1 aliphatic heterocycles. The Balaban J connectivity index is 2.42. The van der Waals surface area contributed by atoms with Gasteiger partial charge < -0.3 is 10.5 Å². The summed E-state index contributed by atoms with van der Waals surface area (Å²) in [6.07, 6.45) is 0. The molecule has 0 spiro atoms. The van der Waals surface area contributed by atoms with Gasteiger partial charge in [-0.25, -0.2) is 0 Å². The van der Waals surface area contributed by atoms with E-state index in [0.717, 1.165) is 11.4 Å². The highest BCUT2D eigenvalue weighted by molar-refractivity contribution is 7.80. The predicted octanol–water partition coefficient (Wildman–Crippen LogP) is 1.09. The number of nitrogens with two attached hydrogens (primary N) is 1. The Hall–Kier alpha value is -1.29. The van der Waals surface area contributed by atoms with Crippen LogP contribution in [0.25, 0.3) is 0 Å². The lowest BCUT2D eigenvalue weighted by Crippen LogP contribution is -2.34. The molecule has 0 unspecified atom stereocenters. The summed E-state index contributed by atoms with van der Waals surface area (Å²) in [6, 6.07) is 7.68. The fourth-order valence-electron chi connectivity index (χ4n) is 1.19. The second kappa shape index (κ2) is 2.64. The minimum absolute atomic E-state index is 0.347. The number of benzene rings is 1. The van der Waals surface area contributed by atoms with Crippen LogP contribution < -0.4 is 15.4 Å². The highest BCUT2D eigenvalue weighted by Gasteiger charge is 2.20. The Labute approximate surface area is 75.7 Å². The largest absolute Gasteiger partial charge is 0.470 e. The molecule has 0 bridgehead atoms. The molecule has 1 aliphatic rings. The maximum absolute atomic E-state index is 5.49. The summed E-state index contributed by atoms with van der Waals surface area (Å²) in [6.45, 7) is 0.425. The molecule has 1 aromatic carbocycles. The van der Waals surface area contributed by atoms with E-state index in [1.807, 2.05) is 24.3 Å². The normalized spacial score (nSPS) is 13.8. The van der Waals surface area contributed by atoms with Gasteiger partial charge >= 0.3 is 0 Å². The fourth-order valence-corrected chi connectivity index (χ4v) is 1.34. The molecule has 12 heavy (non-hydrogen) atoms. The first-order valence-corrected chi connectivity index (χ1v) is 3.98. The van der Waals surface area contributed by atoms with Gasteiger partial charge in [-0.3, -0.25) is 4.90 Å². The van der Waals surface area contributed by atoms with E-state index < -0.39 is 0 Å². The van der Waals surface area contributed by atoms with Crippen LogP contribution in [0.4, 0.5) is 5.69 Å². The summed E-state index contributed by atoms with van der Waals surface area (Å²) < 4.78 is 5.33. The van der Waals surface area contributed by atoms with Gasteiger partial charge in [0.1, 0.15) is 5.75 Å². The lowest BCUT2D eigenvalue weighted by Gasteiger charge is -2.12. The molecule has 0 aliphatic carbocycles. The van der Waals surface area contributed by atoms with Crippen molar-refractivity contribution in [2.24, 2.45) is 5.73 Å². The highest BCUT2D eigenvalue weighted by Crippen LogP contribution is 2.32. The number of anilines is 1. The van der Waals surface area contributed by atoms with Crippen LogP contribution in [-0.4, -0.2) is 11.8 Å². The molecule has 0 saturated carbocycles. The first-order chi connectivity index (χ1) is 5.79. The number of ether oxygens (including phenoxy) is 1. The van der Waals surface area contributed by atoms with Gasteiger partial charge in [0.2, 0.25) is 0 Å². The van der Waals surface area contributed by atoms with Gasteiger partial charge in [-0.2, -0.15) is 0 Å². The average Bonchev–Trinajstić information content (AvgIpc) is 2.47. The lowest BCUT2D eigenvalue weighted by atomic mass is 10.3. The highest BCUT2D eigenvalue weighted by atomic mass is 32.1. The molecular weight excluding hydrogens is 172 g/mol. The molecule has 1 heterocycles. The van der Waals surface area contributed by atoms with E-state index in [0.29, 0.717) is 11.8 Å². The van der Waals surface area contributed by atoms with E-state index >= 15 is 0 Å². The molecule has 0 saturated heterocycles. The number of hydrogen-bond donors (Lipinski definition) is 1. The minimum atomic E-state index is 0.347. The first-order valence-electron chi connectivity index (χ1n) is 3.58. The third-order valence-corrected chi connectivity index (χ3v) is 1.99. The summed E-state index contributed by atoms with van der Waals surface area (Å²) in [4.78, 5) is 1.75. The SMILES string of the molecule is NC(=S)N1COc2ccccc21. The molecule has 0 amide bonds. The van der Waals surface area contributed by atoms with E-state index in [4.69, 9.17) is 22.7 Å². The number of thiocarbonyl (C=S) groups is 1. The second-order valence-electron chi connectivity index (χ2n) is 2.51. The Morgan fingerprint density at radius 2 is 2.25 bits per heavy atom. The van der Waals surface area contributed by atoms with Crippen LogP contribution in [0.15, 0.2) is 24.3 Å². The Bertz CT molecular complexity index is 327. The topological polar surface area (TPSA) is 38.5 Å². The van der Waals surface area contributed by atoms with Crippen molar-refractivity contribution in [3.8, 4) is 5.75 Å². The Morgan fingerprint density at radius 1 is 1.50 bits per heavy atom. The van der Waals surface area contributed by atoms with Gasteiger partial charge in [-0.1, -0.05) is 12.1 Å². The van der Waals surface area contributed by atoms with E-state index in [2.05, 4.69) is 0 Å². The molecule has 0 aromatic heterocycles. The number of rotatable bonds is 0. The number of nitrogens with zero attached hydrogens (tertiary/aromatic N) is 1. The van der Waals surface area contributed by atoms with Gasteiger partial charge in [-0.15, -0.1) is 0 Å². The zero-order valence-corrected chi connectivity index (χ0v) is 7.17. The van der Waals surface area contributed by atoms with Crippen LogP contribution in [0, 0.1) is 0 Å². The molecule has 1 aromatic rings. The Morgan fingerprint density at radius 3 is 3.00 bits per heavy atom. The standard InChI is InChI=1S/C8H8N2OS/c9-8(12)10-5-11-7-4-2-1-3-6(7)10/h1-4H,5H2,(H2,9,12). The molecule has 0 radical (unpaired) electrons. The summed E-state index contributed by atoms with van der Waals surface area (Å²) >= 11 is 4.86. The van der Waals surface area contributed by atoms with Gasteiger partial charge in [0.05, 0.1) is 5.69 Å². The van der Waals surface area contributed by atoms with Crippen molar-refractivity contribution < 1.29 is 4.74 Å². The van der Waals surface area contributed by atoms with Gasteiger partial charge in [0.25, 0.3) is 0 Å². The van der Waals surface area contributed by atoms with Crippen molar-refractivity contribution in [2.75, 3.05) is 11.6 Å². The van der Waals surface area contributed by atoms with Gasteiger partial charge in [0, 0.05) is 0 Å². The van der Waals surface area contributed by atoms with E-state index in [1.54, 1.807) is 4.90 Å². The van der Waals surface area contributed by atoms with Crippen molar-refractivity contribution in [3.05, 3.63) is 24.3 Å². The molecule has 0 fully saturated rings. The average molecular weight is 180 g/mol. The van der Waals surface area contributed by atoms with Crippen LogP contribution in [0.3, 0.4) is 0 Å². The summed E-state index contributed by atoms with van der Waals surface area (Å²) in [5.41, 5.74) is 6.44. The van der Waals surface area contributed by atoms with E-state index in [1.165, 1.54) is 0 Å². The molecule has 0 atom stereocenters. The fraction of sp³-hybridized carbons (Fsp3) is 0.125. The van der Waals surface area contributed by atoms with Crippen molar-refractivity contribution in [1.82, 2.24) is 0 Å². The maximum atomic E-state index is 5.49. The van der Waals surface area contributed by atoms with Crippen molar-refractivity contribution in [2.45, 2.75) is 0 Å². The quantitative estimate of drug-likeness (QED) is 0.606. The molecule has 2 rings (SSSR count). The Kier molecular flexibility index (Phi) is 1.62. The van der Waals surface area contributed by atoms with Gasteiger partial charge in [0.15, 0.2) is 11.8 Å². The predicted molar refractivity (Wildman–Crippen MR) is 51.2 cm³/mol.